The van der Waals surface area contributed by atoms with E-state index in [9.17, 15) is 0 Å². The highest BCUT2D eigenvalue weighted by molar-refractivity contribution is 5.79. The van der Waals surface area contributed by atoms with Gasteiger partial charge in [-0.3, -0.25) is 4.99 Å². The van der Waals surface area contributed by atoms with E-state index in [1.54, 1.807) is 0 Å². The number of aliphatic imine (C=N–C) groups is 1. The van der Waals surface area contributed by atoms with Crippen molar-refractivity contribution in [2.45, 2.75) is 64.2 Å². The minimum atomic E-state index is 0.695. The van der Waals surface area contributed by atoms with Crippen LogP contribution in [0.3, 0.4) is 0 Å². The topological polar surface area (TPSA) is 54.9 Å². The molecule has 0 amide bonds. The van der Waals surface area contributed by atoms with E-state index in [-0.39, 0.29) is 0 Å². The lowest BCUT2D eigenvalue weighted by atomic mass is 10.0. The Balaban J connectivity index is 1.38. The molecular formula is C20H39N3O2. The van der Waals surface area contributed by atoms with Crippen LogP contribution in [0.25, 0.3) is 0 Å². The van der Waals surface area contributed by atoms with Crippen LogP contribution in [0, 0.1) is 11.8 Å². The van der Waals surface area contributed by atoms with E-state index >= 15 is 0 Å². The molecule has 0 aromatic heterocycles. The third-order valence-electron chi connectivity index (χ3n) is 5.48. The maximum Gasteiger partial charge on any atom is 0.190 e. The van der Waals surface area contributed by atoms with Crippen LogP contribution >= 0.6 is 0 Å². The van der Waals surface area contributed by atoms with E-state index < -0.39 is 0 Å². The van der Waals surface area contributed by atoms with Crippen LogP contribution in [0.4, 0.5) is 0 Å². The van der Waals surface area contributed by atoms with E-state index in [0.29, 0.717) is 5.92 Å². The van der Waals surface area contributed by atoms with Gasteiger partial charge in [0.25, 0.3) is 0 Å². The van der Waals surface area contributed by atoms with Crippen molar-refractivity contribution in [1.29, 1.82) is 0 Å². The molecule has 25 heavy (non-hydrogen) atoms. The van der Waals surface area contributed by atoms with Gasteiger partial charge in [0.15, 0.2) is 5.96 Å². The van der Waals surface area contributed by atoms with Crippen molar-refractivity contribution in [3.63, 3.8) is 0 Å². The van der Waals surface area contributed by atoms with Crippen LogP contribution < -0.4 is 10.6 Å². The second-order valence-electron chi connectivity index (χ2n) is 7.56. The summed E-state index contributed by atoms with van der Waals surface area (Å²) in [4.78, 5) is 4.29. The SMILES string of the molecule is CN=C(NCCCCC1CCCC1)NCCCOCC1CCOCC1. The summed E-state index contributed by atoms with van der Waals surface area (Å²) < 4.78 is 11.2. The quantitative estimate of drug-likeness (QED) is 0.340. The van der Waals surface area contributed by atoms with Crippen LogP contribution in [0.5, 0.6) is 0 Å². The van der Waals surface area contributed by atoms with Crippen LogP contribution in [0.15, 0.2) is 4.99 Å². The van der Waals surface area contributed by atoms with Crippen molar-refractivity contribution in [1.82, 2.24) is 10.6 Å². The Morgan fingerprint density at radius 1 is 0.960 bits per heavy atom. The van der Waals surface area contributed by atoms with Crippen LogP contribution in [0.2, 0.25) is 0 Å². The first kappa shape index (κ1) is 20.5. The van der Waals surface area contributed by atoms with Gasteiger partial charge in [0, 0.05) is 46.6 Å². The molecule has 1 aliphatic heterocycles. The molecule has 0 atom stereocenters. The Morgan fingerprint density at radius 3 is 2.40 bits per heavy atom. The van der Waals surface area contributed by atoms with Crippen molar-refractivity contribution < 1.29 is 9.47 Å². The number of rotatable bonds is 11. The molecule has 5 heteroatoms. The highest BCUT2D eigenvalue weighted by Gasteiger charge is 2.14. The van der Waals surface area contributed by atoms with Gasteiger partial charge in [-0.2, -0.15) is 0 Å². The second-order valence-corrected chi connectivity index (χ2v) is 7.56. The summed E-state index contributed by atoms with van der Waals surface area (Å²) in [6.07, 6.45) is 13.2. The molecule has 1 heterocycles. The standard InChI is InChI=1S/C20H39N3O2/c1-21-20(22-12-5-4-9-18-7-2-3-8-18)23-13-6-14-25-17-19-10-15-24-16-11-19/h18-19H,2-17H2,1H3,(H2,21,22,23). The predicted molar refractivity (Wildman–Crippen MR) is 104 cm³/mol. The number of ether oxygens (including phenoxy) is 2. The van der Waals surface area contributed by atoms with Crippen molar-refractivity contribution >= 4 is 5.96 Å². The lowest BCUT2D eigenvalue weighted by molar-refractivity contribution is 0.0203. The summed E-state index contributed by atoms with van der Waals surface area (Å²) >= 11 is 0. The molecule has 146 valence electrons. The Kier molecular flexibility index (Phi) is 11.0. The summed E-state index contributed by atoms with van der Waals surface area (Å²) in [6.45, 7) is 5.44. The van der Waals surface area contributed by atoms with Gasteiger partial charge >= 0.3 is 0 Å². The maximum atomic E-state index is 5.79. The fraction of sp³-hybridized carbons (Fsp3) is 0.950. The molecule has 0 aromatic rings. The first-order chi connectivity index (χ1) is 12.4. The number of unbranched alkanes of at least 4 members (excludes halogenated alkanes) is 1. The molecule has 0 aromatic carbocycles. The normalized spacial score (nSPS) is 20.1. The second kappa shape index (κ2) is 13.4. The lowest BCUT2D eigenvalue weighted by Gasteiger charge is -2.21. The van der Waals surface area contributed by atoms with E-state index in [2.05, 4.69) is 15.6 Å². The first-order valence-electron chi connectivity index (χ1n) is 10.5. The molecule has 2 rings (SSSR count). The summed E-state index contributed by atoms with van der Waals surface area (Å²) in [7, 11) is 1.84. The molecule has 0 unspecified atom stereocenters. The minimum Gasteiger partial charge on any atom is -0.381 e. The van der Waals surface area contributed by atoms with Gasteiger partial charge in [0.1, 0.15) is 0 Å². The van der Waals surface area contributed by atoms with Crippen LogP contribution in [-0.4, -0.2) is 52.5 Å². The van der Waals surface area contributed by atoms with E-state index in [0.717, 1.165) is 70.7 Å². The van der Waals surface area contributed by atoms with Gasteiger partial charge in [0.2, 0.25) is 0 Å². The highest BCUT2D eigenvalue weighted by Crippen LogP contribution is 2.28. The van der Waals surface area contributed by atoms with Gasteiger partial charge in [-0.05, 0) is 37.5 Å². The average molecular weight is 354 g/mol. The van der Waals surface area contributed by atoms with E-state index in [4.69, 9.17) is 9.47 Å². The van der Waals surface area contributed by atoms with Gasteiger partial charge in [-0.1, -0.05) is 38.5 Å². The smallest absolute Gasteiger partial charge is 0.190 e. The third-order valence-corrected chi connectivity index (χ3v) is 5.48. The molecule has 0 radical (unpaired) electrons. The van der Waals surface area contributed by atoms with Crippen LogP contribution in [0.1, 0.15) is 64.2 Å². The minimum absolute atomic E-state index is 0.695. The molecule has 0 bridgehead atoms. The Bertz CT molecular complexity index is 351. The van der Waals surface area contributed by atoms with Crippen molar-refractivity contribution in [3.05, 3.63) is 0 Å². The molecule has 2 N–H and O–H groups in total. The molecule has 0 spiro atoms. The summed E-state index contributed by atoms with van der Waals surface area (Å²) in [5.74, 6) is 2.63. The van der Waals surface area contributed by atoms with Gasteiger partial charge in [-0.15, -0.1) is 0 Å². The monoisotopic (exact) mass is 353 g/mol. The summed E-state index contributed by atoms with van der Waals surface area (Å²) in [6, 6.07) is 0. The average Bonchev–Trinajstić information content (AvgIpc) is 3.17. The number of nitrogens with one attached hydrogen (secondary N) is 2. The van der Waals surface area contributed by atoms with Crippen molar-refractivity contribution in [2.24, 2.45) is 16.8 Å². The molecule has 2 fully saturated rings. The highest BCUT2D eigenvalue weighted by atomic mass is 16.5. The van der Waals surface area contributed by atoms with Crippen molar-refractivity contribution in [2.75, 3.05) is 46.6 Å². The lowest BCUT2D eigenvalue weighted by Crippen LogP contribution is -2.38. The van der Waals surface area contributed by atoms with Crippen molar-refractivity contribution in [3.8, 4) is 0 Å². The van der Waals surface area contributed by atoms with Gasteiger partial charge in [0.05, 0.1) is 0 Å². The zero-order valence-corrected chi connectivity index (χ0v) is 16.2. The summed E-state index contributed by atoms with van der Waals surface area (Å²) in [5, 5.41) is 6.80. The predicted octanol–water partition coefficient (Wildman–Crippen LogP) is 3.35. The van der Waals surface area contributed by atoms with Gasteiger partial charge in [-0.25, -0.2) is 0 Å². The largest absolute Gasteiger partial charge is 0.381 e. The molecular weight excluding hydrogens is 314 g/mol. The molecule has 2 aliphatic rings. The molecule has 1 aliphatic carbocycles. The molecule has 1 saturated carbocycles. The zero-order chi connectivity index (χ0) is 17.6. The number of hydrogen-bond acceptors (Lipinski definition) is 3. The Morgan fingerprint density at radius 2 is 1.68 bits per heavy atom. The summed E-state index contributed by atoms with van der Waals surface area (Å²) in [5.41, 5.74) is 0. The third kappa shape index (κ3) is 9.45. The first-order valence-corrected chi connectivity index (χ1v) is 10.5. The van der Waals surface area contributed by atoms with E-state index in [1.807, 2.05) is 7.05 Å². The fourth-order valence-corrected chi connectivity index (χ4v) is 3.83. The Hall–Kier alpha value is -0.810. The maximum absolute atomic E-state index is 5.79. The fourth-order valence-electron chi connectivity index (χ4n) is 3.83. The molecule has 5 nitrogen and oxygen atoms in total. The van der Waals surface area contributed by atoms with E-state index in [1.165, 1.54) is 44.9 Å². The zero-order valence-electron chi connectivity index (χ0n) is 16.2. The number of nitrogens with zero attached hydrogens (tertiary/aromatic N) is 1. The van der Waals surface area contributed by atoms with Crippen LogP contribution in [-0.2, 0) is 9.47 Å². The Labute approximate surface area is 154 Å². The number of hydrogen-bond donors (Lipinski definition) is 2. The number of guanidine groups is 1. The van der Waals surface area contributed by atoms with Gasteiger partial charge < -0.3 is 20.1 Å². The molecule has 1 saturated heterocycles.